The fourth-order valence-electron chi connectivity index (χ4n) is 2.20. The van der Waals surface area contributed by atoms with Gasteiger partial charge in [0.2, 0.25) is 5.88 Å². The van der Waals surface area contributed by atoms with Crippen molar-refractivity contribution in [1.82, 2.24) is 10.2 Å². The summed E-state index contributed by atoms with van der Waals surface area (Å²) in [6.07, 6.45) is 6.82. The first-order valence-corrected chi connectivity index (χ1v) is 6.12. The van der Waals surface area contributed by atoms with Crippen LogP contribution >= 0.6 is 0 Å². The number of fused-ring (bicyclic) bond motifs is 1. The van der Waals surface area contributed by atoms with E-state index in [1.54, 1.807) is 7.11 Å². The van der Waals surface area contributed by atoms with E-state index >= 15 is 0 Å². The maximum atomic E-state index is 5.01. The number of rotatable bonds is 2. The molecule has 2 aromatic rings. The molecule has 1 aromatic carbocycles. The number of ether oxygens (including phenoxy) is 1. The van der Waals surface area contributed by atoms with Crippen molar-refractivity contribution in [1.29, 1.82) is 0 Å². The highest BCUT2D eigenvalue weighted by Gasteiger charge is 2.11. The Morgan fingerprint density at radius 2 is 2.11 bits per heavy atom. The van der Waals surface area contributed by atoms with Gasteiger partial charge >= 0.3 is 0 Å². The lowest BCUT2D eigenvalue weighted by Crippen LogP contribution is -2.01. The number of methoxy groups -OCH3 is 1. The maximum Gasteiger partial charge on any atom is 0.233 e. The van der Waals surface area contributed by atoms with Crippen molar-refractivity contribution in [3.05, 3.63) is 47.9 Å². The predicted molar refractivity (Wildman–Crippen MR) is 69.3 cm³/mol. The molecule has 3 rings (SSSR count). The summed E-state index contributed by atoms with van der Waals surface area (Å²) in [7, 11) is 1.59. The molecule has 0 atom stereocenters. The number of aryl methyl sites for hydroxylation is 1. The van der Waals surface area contributed by atoms with E-state index in [1.165, 1.54) is 17.5 Å². The van der Waals surface area contributed by atoms with Gasteiger partial charge in [-0.2, -0.15) is 0 Å². The normalized spacial score (nSPS) is 14.1. The number of benzene rings is 1. The lowest BCUT2D eigenvalue weighted by atomic mass is 9.90. The summed E-state index contributed by atoms with van der Waals surface area (Å²) >= 11 is 0. The van der Waals surface area contributed by atoms with Crippen LogP contribution in [0.2, 0.25) is 0 Å². The maximum absolute atomic E-state index is 5.01. The Hall–Kier alpha value is -1.90. The summed E-state index contributed by atoms with van der Waals surface area (Å²) in [5.74, 6) is 0.537. The zero-order chi connectivity index (χ0) is 12.4. The molecule has 18 heavy (non-hydrogen) atoms. The van der Waals surface area contributed by atoms with Gasteiger partial charge in [-0.3, -0.25) is 0 Å². The van der Waals surface area contributed by atoms with Crippen molar-refractivity contribution in [2.24, 2.45) is 0 Å². The average Bonchev–Trinajstić information content (AvgIpc) is 2.47. The van der Waals surface area contributed by atoms with Gasteiger partial charge in [0.1, 0.15) is 0 Å². The van der Waals surface area contributed by atoms with E-state index in [2.05, 4.69) is 34.8 Å². The predicted octanol–water partition coefficient (Wildman–Crippen LogP) is 2.92. The number of nitrogens with zero attached hydrogens (tertiary/aromatic N) is 2. The molecular formula is C15H14N2O. The largest absolute Gasteiger partial charge is 0.480 e. The van der Waals surface area contributed by atoms with E-state index in [9.17, 15) is 0 Å². The molecule has 0 N–H and O–H groups in total. The van der Waals surface area contributed by atoms with Gasteiger partial charge in [0.05, 0.1) is 12.8 Å². The van der Waals surface area contributed by atoms with E-state index in [0.717, 1.165) is 24.1 Å². The molecule has 3 nitrogen and oxygen atoms in total. The Balaban J connectivity index is 1.95. The van der Waals surface area contributed by atoms with Crippen molar-refractivity contribution in [2.75, 3.05) is 7.11 Å². The van der Waals surface area contributed by atoms with Crippen LogP contribution < -0.4 is 4.74 Å². The van der Waals surface area contributed by atoms with Gasteiger partial charge < -0.3 is 4.74 Å². The van der Waals surface area contributed by atoms with Gasteiger partial charge in [-0.15, -0.1) is 10.2 Å². The zero-order valence-electron chi connectivity index (χ0n) is 10.3. The standard InChI is InChI=1S/C15H14N2O/c1-18-15-9-8-14(16-17-15)13-7-6-11-4-2-3-5-12(11)10-13/h6-10H,2-4H2,1H3. The third-order valence-electron chi connectivity index (χ3n) is 3.19. The zero-order valence-corrected chi connectivity index (χ0v) is 10.3. The average molecular weight is 238 g/mol. The second kappa shape index (κ2) is 4.77. The van der Waals surface area contributed by atoms with Gasteiger partial charge in [-0.05, 0) is 42.5 Å². The first-order valence-electron chi connectivity index (χ1n) is 6.12. The highest BCUT2D eigenvalue weighted by molar-refractivity contribution is 5.62. The molecule has 0 amide bonds. The van der Waals surface area contributed by atoms with Gasteiger partial charge in [0, 0.05) is 18.1 Å². The number of hydrogen-bond acceptors (Lipinski definition) is 3. The first kappa shape index (κ1) is 11.2. The summed E-state index contributed by atoms with van der Waals surface area (Å²) in [4.78, 5) is 0. The highest BCUT2D eigenvalue weighted by atomic mass is 16.5. The van der Waals surface area contributed by atoms with Gasteiger partial charge in [-0.25, -0.2) is 0 Å². The molecule has 0 spiro atoms. The Morgan fingerprint density at radius 3 is 2.89 bits per heavy atom. The number of aromatic nitrogens is 2. The molecule has 3 heteroatoms. The highest BCUT2D eigenvalue weighted by Crippen LogP contribution is 2.27. The fourth-order valence-corrected chi connectivity index (χ4v) is 2.20. The summed E-state index contributed by atoms with van der Waals surface area (Å²) in [5.41, 5.74) is 4.55. The van der Waals surface area contributed by atoms with Crippen molar-refractivity contribution in [2.45, 2.75) is 19.3 Å². The van der Waals surface area contributed by atoms with Gasteiger partial charge in [0.25, 0.3) is 0 Å². The Bertz CT molecular complexity index is 549. The lowest BCUT2D eigenvalue weighted by Gasteiger charge is -2.15. The third-order valence-corrected chi connectivity index (χ3v) is 3.19. The van der Waals surface area contributed by atoms with E-state index in [4.69, 9.17) is 4.74 Å². The van der Waals surface area contributed by atoms with Gasteiger partial charge in [0.15, 0.2) is 0 Å². The van der Waals surface area contributed by atoms with Crippen LogP contribution in [-0.4, -0.2) is 17.3 Å². The second-order valence-electron chi connectivity index (χ2n) is 4.36. The minimum absolute atomic E-state index is 0.537. The van der Waals surface area contributed by atoms with Crippen LogP contribution in [0.4, 0.5) is 0 Å². The van der Waals surface area contributed by atoms with E-state index < -0.39 is 0 Å². The molecule has 0 aliphatic heterocycles. The molecule has 1 aliphatic carbocycles. The van der Waals surface area contributed by atoms with Crippen LogP contribution in [0.15, 0.2) is 30.3 Å². The van der Waals surface area contributed by atoms with E-state index in [1.807, 2.05) is 12.1 Å². The topological polar surface area (TPSA) is 35.0 Å². The van der Waals surface area contributed by atoms with E-state index in [-0.39, 0.29) is 0 Å². The Morgan fingerprint density at radius 1 is 1.17 bits per heavy atom. The van der Waals surface area contributed by atoms with Crippen LogP contribution in [0, 0.1) is 6.42 Å². The molecule has 0 unspecified atom stereocenters. The molecule has 2 radical (unpaired) electrons. The van der Waals surface area contributed by atoms with Crippen LogP contribution in [0.5, 0.6) is 5.88 Å². The van der Waals surface area contributed by atoms with Crippen LogP contribution in [0.1, 0.15) is 24.0 Å². The van der Waals surface area contributed by atoms with E-state index in [0.29, 0.717) is 5.88 Å². The summed E-state index contributed by atoms with van der Waals surface area (Å²) < 4.78 is 5.01. The van der Waals surface area contributed by atoms with Crippen LogP contribution in [0.3, 0.4) is 0 Å². The Kier molecular flexibility index (Phi) is 2.97. The summed E-state index contributed by atoms with van der Waals surface area (Å²) in [6, 6.07) is 10.2. The second-order valence-corrected chi connectivity index (χ2v) is 4.36. The summed E-state index contributed by atoms with van der Waals surface area (Å²) in [5, 5.41) is 8.16. The van der Waals surface area contributed by atoms with Crippen molar-refractivity contribution in [3.63, 3.8) is 0 Å². The Labute approximate surface area is 107 Å². The third kappa shape index (κ3) is 2.08. The number of hydrogen-bond donors (Lipinski definition) is 0. The molecular weight excluding hydrogens is 224 g/mol. The molecule has 0 bridgehead atoms. The van der Waals surface area contributed by atoms with Crippen LogP contribution in [-0.2, 0) is 6.42 Å². The monoisotopic (exact) mass is 238 g/mol. The molecule has 0 saturated carbocycles. The molecule has 1 aliphatic rings. The molecule has 90 valence electrons. The quantitative estimate of drug-likeness (QED) is 0.807. The molecule has 1 heterocycles. The van der Waals surface area contributed by atoms with Crippen molar-refractivity contribution < 1.29 is 4.74 Å². The van der Waals surface area contributed by atoms with Crippen LogP contribution in [0.25, 0.3) is 11.3 Å². The first-order chi connectivity index (χ1) is 8.86. The van der Waals surface area contributed by atoms with Gasteiger partial charge in [-0.1, -0.05) is 12.1 Å². The minimum atomic E-state index is 0.537. The van der Waals surface area contributed by atoms with Crippen molar-refractivity contribution >= 4 is 0 Å². The lowest BCUT2D eigenvalue weighted by molar-refractivity contribution is 0.392. The molecule has 0 fully saturated rings. The SMILES string of the molecule is COc1ccc(-c2ccc3c(c2)[C]CCC3)nn1. The van der Waals surface area contributed by atoms with Crippen molar-refractivity contribution in [3.8, 4) is 17.1 Å². The fraction of sp³-hybridized carbons (Fsp3) is 0.267. The molecule has 1 aromatic heterocycles. The smallest absolute Gasteiger partial charge is 0.233 e. The summed E-state index contributed by atoms with van der Waals surface area (Å²) in [6.45, 7) is 0. The molecule has 0 saturated heterocycles. The minimum Gasteiger partial charge on any atom is -0.480 e.